The standard InChI is InChI=1S/C4H3N2O/c7-4-2-1-3-5-6-4/h1-2H,(H,6,7). The summed E-state index contributed by atoms with van der Waals surface area (Å²) in [6, 6.07) is 2.81. The van der Waals surface area contributed by atoms with Crippen LogP contribution in [0.25, 0.3) is 0 Å². The van der Waals surface area contributed by atoms with Crippen LogP contribution in [0.15, 0.2) is 16.9 Å². The van der Waals surface area contributed by atoms with E-state index in [0.29, 0.717) is 0 Å². The Morgan fingerprint density at radius 1 is 1.86 bits per heavy atom. The first kappa shape index (κ1) is 4.05. The van der Waals surface area contributed by atoms with E-state index < -0.39 is 0 Å². The Kier molecular flexibility index (Phi) is 0.898. The highest BCUT2D eigenvalue weighted by atomic mass is 16.1. The van der Waals surface area contributed by atoms with Gasteiger partial charge in [-0.05, 0) is 6.07 Å². The van der Waals surface area contributed by atoms with Crippen molar-refractivity contribution in [1.29, 1.82) is 0 Å². The molecule has 0 saturated heterocycles. The summed E-state index contributed by atoms with van der Waals surface area (Å²) in [4.78, 5) is 10.1. The smallest absolute Gasteiger partial charge is 0.264 e. The molecule has 1 heterocycles. The highest BCUT2D eigenvalue weighted by Crippen LogP contribution is 1.58. The highest BCUT2D eigenvalue weighted by Gasteiger charge is 1.71. The molecule has 0 amide bonds. The molecule has 0 spiro atoms. The van der Waals surface area contributed by atoms with E-state index in [9.17, 15) is 4.79 Å². The van der Waals surface area contributed by atoms with Crippen LogP contribution < -0.4 is 5.56 Å². The Hall–Kier alpha value is -1.12. The Morgan fingerprint density at radius 3 is 3.00 bits per heavy atom. The Bertz CT molecular complexity index is 175. The van der Waals surface area contributed by atoms with Crippen LogP contribution >= 0.6 is 0 Å². The van der Waals surface area contributed by atoms with Crippen molar-refractivity contribution in [3.05, 3.63) is 28.7 Å². The van der Waals surface area contributed by atoms with Gasteiger partial charge in [-0.3, -0.25) is 4.79 Å². The molecule has 3 heteroatoms. The molecule has 35 valence electrons. The van der Waals surface area contributed by atoms with Crippen molar-refractivity contribution < 1.29 is 0 Å². The third-order valence-electron chi connectivity index (χ3n) is 0.540. The zero-order valence-electron chi connectivity index (χ0n) is 3.51. The Morgan fingerprint density at radius 2 is 2.71 bits per heavy atom. The van der Waals surface area contributed by atoms with Crippen LogP contribution in [0.3, 0.4) is 0 Å². The normalized spacial score (nSPS) is 8.57. The molecule has 1 aromatic heterocycles. The molecule has 0 unspecified atom stereocenters. The Labute approximate surface area is 40.0 Å². The molecular formula is C4H3N2O. The predicted octanol–water partition coefficient (Wildman–Crippen LogP) is -0.430. The number of aromatic amines is 1. The third-order valence-corrected chi connectivity index (χ3v) is 0.540. The lowest BCUT2D eigenvalue weighted by atomic mass is 10.6. The maximum absolute atomic E-state index is 10.1. The first-order chi connectivity index (χ1) is 3.39. The SMILES string of the molecule is O=c1cc[c]n[nH]1. The molecule has 1 rings (SSSR count). The summed E-state index contributed by atoms with van der Waals surface area (Å²) in [6.07, 6.45) is 2.43. The van der Waals surface area contributed by atoms with E-state index >= 15 is 0 Å². The van der Waals surface area contributed by atoms with Crippen LogP contribution in [-0.2, 0) is 0 Å². The van der Waals surface area contributed by atoms with Gasteiger partial charge in [0, 0.05) is 6.07 Å². The van der Waals surface area contributed by atoms with Crippen LogP contribution in [0.2, 0.25) is 0 Å². The molecule has 3 nitrogen and oxygen atoms in total. The minimum Gasteiger partial charge on any atom is -0.268 e. The average molecular weight is 95.1 g/mol. The van der Waals surface area contributed by atoms with Crippen LogP contribution in [0.4, 0.5) is 0 Å². The molecule has 1 N–H and O–H groups in total. The van der Waals surface area contributed by atoms with Crippen molar-refractivity contribution in [2.45, 2.75) is 0 Å². The van der Waals surface area contributed by atoms with Gasteiger partial charge < -0.3 is 0 Å². The predicted molar refractivity (Wildman–Crippen MR) is 23.7 cm³/mol. The summed E-state index contributed by atoms with van der Waals surface area (Å²) in [7, 11) is 0. The van der Waals surface area contributed by atoms with E-state index in [1.807, 2.05) is 0 Å². The summed E-state index contributed by atoms with van der Waals surface area (Å²) in [6.45, 7) is 0. The molecule has 0 atom stereocenters. The van der Waals surface area contributed by atoms with Gasteiger partial charge in [0.1, 0.15) is 6.20 Å². The van der Waals surface area contributed by atoms with Crippen LogP contribution in [0.5, 0.6) is 0 Å². The van der Waals surface area contributed by atoms with Gasteiger partial charge in [0.15, 0.2) is 0 Å². The molecule has 7 heavy (non-hydrogen) atoms. The van der Waals surface area contributed by atoms with Crippen molar-refractivity contribution in [3.8, 4) is 0 Å². The zero-order chi connectivity index (χ0) is 5.11. The number of H-pyrrole nitrogens is 1. The highest BCUT2D eigenvalue weighted by molar-refractivity contribution is 4.79. The molecule has 0 bridgehead atoms. The first-order valence-electron chi connectivity index (χ1n) is 1.81. The molecule has 1 radical (unpaired) electrons. The lowest BCUT2D eigenvalue weighted by molar-refractivity contribution is 0.981. The largest absolute Gasteiger partial charge is 0.268 e. The number of nitrogens with zero attached hydrogens (tertiary/aromatic N) is 1. The van der Waals surface area contributed by atoms with E-state index in [2.05, 4.69) is 16.4 Å². The van der Waals surface area contributed by atoms with Gasteiger partial charge in [0.05, 0.1) is 0 Å². The van der Waals surface area contributed by atoms with E-state index in [1.165, 1.54) is 12.1 Å². The quantitative estimate of drug-likeness (QED) is 0.475. The summed E-state index contributed by atoms with van der Waals surface area (Å²) in [5, 5.41) is 5.49. The maximum atomic E-state index is 10.1. The second kappa shape index (κ2) is 1.55. The molecule has 0 saturated carbocycles. The van der Waals surface area contributed by atoms with Crippen molar-refractivity contribution in [2.75, 3.05) is 0 Å². The number of hydrogen-bond donors (Lipinski definition) is 1. The fourth-order valence-electron chi connectivity index (χ4n) is 0.275. The Balaban J connectivity index is 3.28. The summed E-state index contributed by atoms with van der Waals surface area (Å²) >= 11 is 0. The van der Waals surface area contributed by atoms with Gasteiger partial charge >= 0.3 is 0 Å². The van der Waals surface area contributed by atoms with Gasteiger partial charge in [0.25, 0.3) is 5.56 Å². The van der Waals surface area contributed by atoms with Crippen LogP contribution in [0.1, 0.15) is 0 Å². The van der Waals surface area contributed by atoms with Crippen molar-refractivity contribution in [3.63, 3.8) is 0 Å². The van der Waals surface area contributed by atoms with Gasteiger partial charge in [-0.15, -0.1) is 0 Å². The first-order valence-corrected chi connectivity index (χ1v) is 1.81. The number of hydrogen-bond acceptors (Lipinski definition) is 2. The fourth-order valence-corrected chi connectivity index (χ4v) is 0.275. The molecule has 0 aromatic carbocycles. The lowest BCUT2D eigenvalue weighted by Gasteiger charge is -1.71. The molecule has 0 aliphatic rings. The molecule has 1 aromatic rings. The second-order valence-corrected chi connectivity index (χ2v) is 1.05. The molecule has 0 aliphatic carbocycles. The van der Waals surface area contributed by atoms with Crippen LogP contribution in [-0.4, -0.2) is 10.2 Å². The maximum Gasteiger partial charge on any atom is 0.264 e. The second-order valence-electron chi connectivity index (χ2n) is 1.05. The van der Waals surface area contributed by atoms with E-state index in [1.54, 1.807) is 0 Å². The molecule has 0 fully saturated rings. The lowest BCUT2D eigenvalue weighted by Crippen LogP contribution is -2.02. The van der Waals surface area contributed by atoms with Crippen molar-refractivity contribution >= 4 is 0 Å². The average Bonchev–Trinajstić information content (AvgIpc) is 1.69. The van der Waals surface area contributed by atoms with Gasteiger partial charge in [-0.2, -0.15) is 5.10 Å². The van der Waals surface area contributed by atoms with E-state index in [0.717, 1.165) is 0 Å². The third kappa shape index (κ3) is 0.855. The van der Waals surface area contributed by atoms with E-state index in [-0.39, 0.29) is 5.56 Å². The number of nitrogens with one attached hydrogen (secondary N) is 1. The van der Waals surface area contributed by atoms with E-state index in [4.69, 9.17) is 0 Å². The minimum absolute atomic E-state index is 0.196. The van der Waals surface area contributed by atoms with Crippen molar-refractivity contribution in [1.82, 2.24) is 10.2 Å². The monoisotopic (exact) mass is 95.0 g/mol. The number of rotatable bonds is 0. The summed E-state index contributed by atoms with van der Waals surface area (Å²) < 4.78 is 0. The van der Waals surface area contributed by atoms with Gasteiger partial charge in [-0.1, -0.05) is 0 Å². The van der Waals surface area contributed by atoms with Crippen molar-refractivity contribution in [2.24, 2.45) is 0 Å². The van der Waals surface area contributed by atoms with Crippen LogP contribution in [0, 0.1) is 6.20 Å². The molecule has 0 aliphatic heterocycles. The van der Waals surface area contributed by atoms with Gasteiger partial charge in [-0.25, -0.2) is 5.10 Å². The number of aromatic nitrogens is 2. The fraction of sp³-hybridized carbons (Fsp3) is 0. The zero-order valence-corrected chi connectivity index (χ0v) is 3.51. The summed E-state index contributed by atoms with van der Waals surface area (Å²) in [5.74, 6) is 0. The van der Waals surface area contributed by atoms with Gasteiger partial charge in [0.2, 0.25) is 0 Å². The molecular weight excluding hydrogens is 92.1 g/mol. The minimum atomic E-state index is -0.196. The summed E-state index contributed by atoms with van der Waals surface area (Å²) in [5.41, 5.74) is -0.196. The topological polar surface area (TPSA) is 45.8 Å².